The Balaban J connectivity index is 0.000000461. The van der Waals surface area contributed by atoms with Crippen molar-refractivity contribution in [2.45, 2.75) is 48.5 Å². The molecular formula is C26H35BN2. The summed E-state index contributed by atoms with van der Waals surface area (Å²) >= 11 is 0. The average Bonchev–Trinajstić information content (AvgIpc) is 3.18. The van der Waals surface area contributed by atoms with Crippen LogP contribution in [0.5, 0.6) is 0 Å². The minimum Gasteiger partial charge on any atom is -0.390 e. The summed E-state index contributed by atoms with van der Waals surface area (Å²) in [6.45, 7) is 15.5. The fourth-order valence-electron chi connectivity index (χ4n) is 4.10. The van der Waals surface area contributed by atoms with Crippen LogP contribution in [0.4, 0.5) is 17.1 Å². The van der Waals surface area contributed by atoms with E-state index in [4.69, 9.17) is 0 Å². The van der Waals surface area contributed by atoms with E-state index in [2.05, 4.69) is 89.3 Å². The number of benzene rings is 3. The molecule has 0 atom stereocenters. The fourth-order valence-corrected chi connectivity index (χ4v) is 4.10. The van der Waals surface area contributed by atoms with Gasteiger partial charge in [-0.25, -0.2) is 0 Å². The molecule has 3 aromatic carbocycles. The standard InChI is InChI=1S/C20H17BN2.3C2H6/c1-2-22-19-13-7-8-14-20(19)23-18-12-6-4-10-16(18)15-9-3-5-11-17(15)21(22)23;3*1-2/h3-14H,2H2,1H3;3*1-2H3. The first-order chi connectivity index (χ1) is 14.4. The Kier molecular flexibility index (Phi) is 8.39. The van der Waals surface area contributed by atoms with Gasteiger partial charge in [0.05, 0.1) is 5.69 Å². The highest BCUT2D eigenvalue weighted by Crippen LogP contribution is 2.47. The number of hydrogen-bond donors (Lipinski definition) is 0. The monoisotopic (exact) mass is 386 g/mol. The summed E-state index contributed by atoms with van der Waals surface area (Å²) in [4.78, 5) is 5.00. The van der Waals surface area contributed by atoms with E-state index in [1.54, 1.807) is 0 Å². The Morgan fingerprint density at radius 3 is 1.69 bits per heavy atom. The Bertz CT molecular complexity index is 906. The van der Waals surface area contributed by atoms with Crippen molar-refractivity contribution in [3.8, 4) is 11.1 Å². The van der Waals surface area contributed by atoms with Crippen molar-refractivity contribution in [3.63, 3.8) is 0 Å². The molecule has 2 heterocycles. The molecule has 152 valence electrons. The predicted molar refractivity (Wildman–Crippen MR) is 133 cm³/mol. The number of nitrogens with zero attached hydrogens (tertiary/aromatic N) is 2. The van der Waals surface area contributed by atoms with Crippen LogP contribution >= 0.6 is 0 Å². The summed E-state index contributed by atoms with van der Waals surface area (Å²) in [5, 5.41) is 0. The van der Waals surface area contributed by atoms with Crippen LogP contribution in [0.2, 0.25) is 0 Å². The number of fused-ring (bicyclic) bond motifs is 8. The van der Waals surface area contributed by atoms with Crippen LogP contribution in [0.1, 0.15) is 48.5 Å². The highest BCUT2D eigenvalue weighted by molar-refractivity contribution is 6.85. The molecule has 0 spiro atoms. The predicted octanol–water partition coefficient (Wildman–Crippen LogP) is 7.12. The minimum absolute atomic E-state index is 0.253. The smallest absolute Gasteiger partial charge is 0.390 e. The van der Waals surface area contributed by atoms with Gasteiger partial charge < -0.3 is 9.62 Å². The Hall–Kier alpha value is -2.68. The molecule has 0 aromatic heterocycles. The second kappa shape index (κ2) is 10.8. The first kappa shape index (κ1) is 22.6. The Morgan fingerprint density at radius 2 is 1.07 bits per heavy atom. The SMILES string of the molecule is CC.CC.CC.CCN1B2c3ccccc3-c3ccccc3N2c2ccccc21. The summed E-state index contributed by atoms with van der Waals surface area (Å²) in [5.74, 6) is 0. The highest BCUT2D eigenvalue weighted by Gasteiger charge is 2.45. The molecule has 0 amide bonds. The number of hydrogen-bond acceptors (Lipinski definition) is 2. The zero-order chi connectivity index (χ0) is 21.4. The van der Waals surface area contributed by atoms with E-state index < -0.39 is 0 Å². The zero-order valence-electron chi connectivity index (χ0n) is 19.1. The van der Waals surface area contributed by atoms with Gasteiger partial charge in [0.25, 0.3) is 0 Å². The van der Waals surface area contributed by atoms with Crippen LogP contribution in [0.3, 0.4) is 0 Å². The van der Waals surface area contributed by atoms with E-state index in [-0.39, 0.29) is 6.98 Å². The van der Waals surface area contributed by atoms with Gasteiger partial charge in [0, 0.05) is 23.5 Å². The number of anilines is 3. The van der Waals surface area contributed by atoms with Crippen LogP contribution in [-0.4, -0.2) is 13.5 Å². The van der Waals surface area contributed by atoms with Crippen molar-refractivity contribution in [2.75, 3.05) is 16.2 Å². The van der Waals surface area contributed by atoms with Gasteiger partial charge in [-0.3, -0.25) is 0 Å². The first-order valence-electron chi connectivity index (χ1n) is 11.2. The molecule has 2 nitrogen and oxygen atoms in total. The lowest BCUT2D eigenvalue weighted by atomic mass is 9.59. The highest BCUT2D eigenvalue weighted by atomic mass is 15.3. The third-order valence-corrected chi connectivity index (χ3v) is 5.02. The maximum absolute atomic E-state index is 2.50. The number of rotatable bonds is 1. The van der Waals surface area contributed by atoms with Crippen molar-refractivity contribution < 1.29 is 0 Å². The van der Waals surface area contributed by atoms with Crippen molar-refractivity contribution in [3.05, 3.63) is 72.8 Å². The van der Waals surface area contributed by atoms with Gasteiger partial charge in [0.2, 0.25) is 0 Å². The van der Waals surface area contributed by atoms with Crippen molar-refractivity contribution in [2.24, 2.45) is 0 Å². The molecule has 3 heteroatoms. The molecule has 2 aliphatic heterocycles. The van der Waals surface area contributed by atoms with Gasteiger partial charge in [-0.2, -0.15) is 0 Å². The summed E-state index contributed by atoms with van der Waals surface area (Å²) in [5.41, 5.74) is 8.01. The van der Waals surface area contributed by atoms with E-state index >= 15 is 0 Å². The molecular weight excluding hydrogens is 351 g/mol. The minimum atomic E-state index is 0.253. The van der Waals surface area contributed by atoms with Gasteiger partial charge in [-0.1, -0.05) is 96.1 Å². The molecule has 5 rings (SSSR count). The maximum Gasteiger partial charge on any atom is 0.416 e. The lowest BCUT2D eigenvalue weighted by Crippen LogP contribution is -2.57. The quantitative estimate of drug-likeness (QED) is 0.411. The maximum atomic E-state index is 2.50. The summed E-state index contributed by atoms with van der Waals surface area (Å²) in [6.07, 6.45) is 0. The topological polar surface area (TPSA) is 6.48 Å². The third-order valence-electron chi connectivity index (χ3n) is 5.02. The van der Waals surface area contributed by atoms with Crippen LogP contribution in [-0.2, 0) is 0 Å². The van der Waals surface area contributed by atoms with E-state index in [1.165, 1.54) is 33.7 Å². The van der Waals surface area contributed by atoms with Gasteiger partial charge in [-0.15, -0.1) is 0 Å². The molecule has 0 unspecified atom stereocenters. The third kappa shape index (κ3) is 3.79. The molecule has 0 aliphatic carbocycles. The fraction of sp³-hybridized carbons (Fsp3) is 0.308. The summed E-state index contributed by atoms with van der Waals surface area (Å²) in [7, 11) is 0. The lowest BCUT2D eigenvalue weighted by Gasteiger charge is -2.36. The van der Waals surface area contributed by atoms with Gasteiger partial charge in [0.1, 0.15) is 0 Å². The Labute approximate surface area is 178 Å². The molecule has 29 heavy (non-hydrogen) atoms. The van der Waals surface area contributed by atoms with Crippen LogP contribution in [0.25, 0.3) is 11.1 Å². The number of para-hydroxylation sites is 3. The lowest BCUT2D eigenvalue weighted by molar-refractivity contribution is 1.09. The summed E-state index contributed by atoms with van der Waals surface area (Å²) in [6, 6.07) is 26.3. The second-order valence-corrected chi connectivity index (χ2v) is 6.12. The van der Waals surface area contributed by atoms with Gasteiger partial charge in [0.15, 0.2) is 0 Å². The van der Waals surface area contributed by atoms with E-state index in [0.29, 0.717) is 0 Å². The van der Waals surface area contributed by atoms with E-state index in [9.17, 15) is 0 Å². The van der Waals surface area contributed by atoms with Crippen molar-refractivity contribution in [1.82, 2.24) is 0 Å². The van der Waals surface area contributed by atoms with E-state index in [1.807, 2.05) is 41.5 Å². The van der Waals surface area contributed by atoms with Gasteiger partial charge in [-0.05, 0) is 36.1 Å². The average molecular weight is 386 g/mol. The van der Waals surface area contributed by atoms with Crippen LogP contribution < -0.4 is 15.1 Å². The molecule has 3 aromatic rings. The normalized spacial score (nSPS) is 11.9. The molecule has 0 radical (unpaired) electrons. The molecule has 0 bridgehead atoms. The molecule has 0 fully saturated rings. The molecule has 0 saturated carbocycles. The van der Waals surface area contributed by atoms with Crippen molar-refractivity contribution in [1.29, 1.82) is 0 Å². The Morgan fingerprint density at radius 1 is 0.586 bits per heavy atom. The second-order valence-electron chi connectivity index (χ2n) is 6.12. The summed E-state index contributed by atoms with van der Waals surface area (Å²) < 4.78 is 0. The van der Waals surface area contributed by atoms with E-state index in [0.717, 1.165) is 6.54 Å². The first-order valence-corrected chi connectivity index (χ1v) is 11.2. The largest absolute Gasteiger partial charge is 0.416 e. The van der Waals surface area contributed by atoms with Crippen molar-refractivity contribution >= 4 is 29.5 Å². The van der Waals surface area contributed by atoms with Crippen LogP contribution in [0.15, 0.2) is 72.8 Å². The zero-order valence-corrected chi connectivity index (χ0v) is 19.1. The van der Waals surface area contributed by atoms with Crippen LogP contribution in [0, 0.1) is 0 Å². The molecule has 2 aliphatic rings. The molecule has 0 N–H and O–H groups in total. The molecule has 0 saturated heterocycles. The van der Waals surface area contributed by atoms with Gasteiger partial charge >= 0.3 is 6.98 Å².